The number of fused-ring (bicyclic) bond motifs is 1. The topological polar surface area (TPSA) is 108 Å². The van der Waals surface area contributed by atoms with Crippen LogP contribution in [0.2, 0.25) is 0 Å². The smallest absolute Gasteiger partial charge is 0.340 e. The molecule has 4 aromatic rings. The Balaban J connectivity index is 1.74. The molecule has 1 N–H and O–H groups in total. The molecular formula is C27H29N5O4. The highest BCUT2D eigenvalue weighted by atomic mass is 16.5. The number of esters is 1. The van der Waals surface area contributed by atoms with Crippen molar-refractivity contribution < 1.29 is 14.3 Å². The fourth-order valence-corrected chi connectivity index (χ4v) is 3.98. The molecule has 0 fully saturated rings. The molecule has 0 aliphatic heterocycles. The highest BCUT2D eigenvalue weighted by Gasteiger charge is 2.21. The van der Waals surface area contributed by atoms with Gasteiger partial charge in [-0.25, -0.2) is 14.2 Å². The van der Waals surface area contributed by atoms with Gasteiger partial charge in [0.05, 0.1) is 35.4 Å². The van der Waals surface area contributed by atoms with Crippen molar-refractivity contribution in [2.45, 2.75) is 47.1 Å². The van der Waals surface area contributed by atoms with Crippen molar-refractivity contribution in [3.05, 3.63) is 81.4 Å². The third-order valence-corrected chi connectivity index (χ3v) is 5.98. The van der Waals surface area contributed by atoms with Crippen molar-refractivity contribution in [2.75, 3.05) is 11.9 Å². The van der Waals surface area contributed by atoms with Gasteiger partial charge in [0.1, 0.15) is 12.1 Å². The number of hydrogen-bond acceptors (Lipinski definition) is 6. The SMILES string of the molecule is CCOC(=O)c1ccccc1NC(=O)Cn1nc(C(C)C)c2cnn(-c3ccc(C)c(C)c3)c2c1=O. The fraction of sp³-hybridized carbons (Fsp3) is 0.296. The molecule has 9 nitrogen and oxygen atoms in total. The maximum Gasteiger partial charge on any atom is 0.340 e. The van der Waals surface area contributed by atoms with Crippen LogP contribution in [0.15, 0.2) is 53.5 Å². The number of carbonyl (C=O) groups is 2. The van der Waals surface area contributed by atoms with Crippen LogP contribution >= 0.6 is 0 Å². The lowest BCUT2D eigenvalue weighted by molar-refractivity contribution is -0.117. The van der Waals surface area contributed by atoms with E-state index in [1.165, 1.54) is 0 Å². The van der Waals surface area contributed by atoms with Gasteiger partial charge < -0.3 is 10.1 Å². The van der Waals surface area contributed by atoms with E-state index >= 15 is 0 Å². The first-order valence-electron chi connectivity index (χ1n) is 11.8. The lowest BCUT2D eigenvalue weighted by Gasteiger charge is -2.14. The quantitative estimate of drug-likeness (QED) is 0.393. The number of amides is 1. The third-order valence-electron chi connectivity index (χ3n) is 5.98. The average molecular weight is 488 g/mol. The van der Waals surface area contributed by atoms with Crippen molar-refractivity contribution in [1.82, 2.24) is 19.6 Å². The van der Waals surface area contributed by atoms with Crippen LogP contribution in [-0.2, 0) is 16.1 Å². The summed E-state index contributed by atoms with van der Waals surface area (Å²) in [5.41, 5.74) is 4.10. The number of aromatic nitrogens is 4. The molecule has 0 aliphatic carbocycles. The number of nitrogens with zero attached hydrogens (tertiary/aromatic N) is 4. The van der Waals surface area contributed by atoms with Crippen LogP contribution in [0.1, 0.15) is 53.9 Å². The molecule has 0 atom stereocenters. The van der Waals surface area contributed by atoms with E-state index in [0.717, 1.165) is 21.5 Å². The first-order chi connectivity index (χ1) is 17.2. The Morgan fingerprint density at radius 1 is 1.08 bits per heavy atom. The van der Waals surface area contributed by atoms with Gasteiger partial charge in [-0.3, -0.25) is 9.59 Å². The molecule has 2 aromatic heterocycles. The summed E-state index contributed by atoms with van der Waals surface area (Å²) in [7, 11) is 0. The highest BCUT2D eigenvalue weighted by molar-refractivity contribution is 6.01. The summed E-state index contributed by atoms with van der Waals surface area (Å²) in [5.74, 6) is -1.04. The van der Waals surface area contributed by atoms with Gasteiger partial charge in [0, 0.05) is 5.39 Å². The molecule has 2 aromatic carbocycles. The lowest BCUT2D eigenvalue weighted by atomic mass is 10.1. The Morgan fingerprint density at radius 3 is 2.53 bits per heavy atom. The van der Waals surface area contributed by atoms with Crippen molar-refractivity contribution in [2.24, 2.45) is 0 Å². The largest absolute Gasteiger partial charge is 0.462 e. The molecule has 36 heavy (non-hydrogen) atoms. The third kappa shape index (κ3) is 4.77. The van der Waals surface area contributed by atoms with Gasteiger partial charge in [-0.1, -0.05) is 32.0 Å². The number of hydrogen-bond donors (Lipinski definition) is 1. The summed E-state index contributed by atoms with van der Waals surface area (Å²) in [4.78, 5) is 38.8. The molecule has 0 aliphatic rings. The van der Waals surface area contributed by atoms with Crippen LogP contribution in [0.5, 0.6) is 0 Å². The number of aryl methyl sites for hydroxylation is 2. The summed E-state index contributed by atoms with van der Waals surface area (Å²) in [6.07, 6.45) is 1.65. The number of benzene rings is 2. The van der Waals surface area contributed by atoms with E-state index in [0.29, 0.717) is 22.3 Å². The first-order valence-corrected chi connectivity index (χ1v) is 11.8. The van der Waals surface area contributed by atoms with Gasteiger partial charge in [-0.2, -0.15) is 10.2 Å². The van der Waals surface area contributed by atoms with Crippen molar-refractivity contribution in [3.63, 3.8) is 0 Å². The van der Waals surface area contributed by atoms with Crippen LogP contribution < -0.4 is 10.9 Å². The minimum Gasteiger partial charge on any atom is -0.462 e. The average Bonchev–Trinajstić information content (AvgIpc) is 3.28. The zero-order chi connectivity index (χ0) is 26.0. The summed E-state index contributed by atoms with van der Waals surface area (Å²) >= 11 is 0. The molecule has 0 radical (unpaired) electrons. The molecule has 0 bridgehead atoms. The van der Waals surface area contributed by atoms with Crippen LogP contribution in [0.3, 0.4) is 0 Å². The fourth-order valence-electron chi connectivity index (χ4n) is 3.98. The number of rotatable bonds is 7. The Bertz CT molecular complexity index is 1520. The minimum atomic E-state index is -0.538. The number of nitrogens with one attached hydrogen (secondary N) is 1. The number of para-hydroxylation sites is 1. The second kappa shape index (κ2) is 10.2. The summed E-state index contributed by atoms with van der Waals surface area (Å²) < 4.78 is 7.82. The van der Waals surface area contributed by atoms with Crippen molar-refractivity contribution in [3.8, 4) is 5.69 Å². The zero-order valence-electron chi connectivity index (χ0n) is 21.0. The molecule has 2 heterocycles. The molecule has 4 rings (SSSR count). The second-order valence-electron chi connectivity index (χ2n) is 8.90. The van der Waals surface area contributed by atoms with Crippen LogP contribution in [-0.4, -0.2) is 38.0 Å². The maximum atomic E-state index is 13.5. The van der Waals surface area contributed by atoms with E-state index in [9.17, 15) is 14.4 Å². The number of carbonyl (C=O) groups excluding carboxylic acids is 2. The van der Waals surface area contributed by atoms with Crippen LogP contribution in [0.4, 0.5) is 5.69 Å². The van der Waals surface area contributed by atoms with E-state index in [-0.39, 0.29) is 24.6 Å². The molecule has 9 heteroatoms. The molecular weight excluding hydrogens is 458 g/mol. The van der Waals surface area contributed by atoms with Gasteiger partial charge in [-0.05, 0) is 62.1 Å². The van der Waals surface area contributed by atoms with E-state index < -0.39 is 17.4 Å². The lowest BCUT2D eigenvalue weighted by Crippen LogP contribution is -2.32. The van der Waals surface area contributed by atoms with Gasteiger partial charge in [0.25, 0.3) is 5.56 Å². The van der Waals surface area contributed by atoms with E-state index in [1.54, 1.807) is 42.1 Å². The minimum absolute atomic E-state index is 0.00986. The Hall–Kier alpha value is -4.27. The molecule has 186 valence electrons. The van der Waals surface area contributed by atoms with E-state index in [1.807, 2.05) is 45.9 Å². The van der Waals surface area contributed by atoms with Gasteiger partial charge >= 0.3 is 5.97 Å². The zero-order valence-corrected chi connectivity index (χ0v) is 21.0. The summed E-state index contributed by atoms with van der Waals surface area (Å²) in [5, 5.41) is 12.4. The van der Waals surface area contributed by atoms with Crippen molar-refractivity contribution >= 4 is 28.5 Å². The van der Waals surface area contributed by atoms with Crippen LogP contribution in [0, 0.1) is 13.8 Å². The van der Waals surface area contributed by atoms with Gasteiger partial charge in [0.15, 0.2) is 0 Å². The van der Waals surface area contributed by atoms with Gasteiger partial charge in [-0.15, -0.1) is 0 Å². The predicted molar refractivity (Wildman–Crippen MR) is 138 cm³/mol. The summed E-state index contributed by atoms with van der Waals surface area (Å²) in [6.45, 7) is 9.56. The highest BCUT2D eigenvalue weighted by Crippen LogP contribution is 2.24. The molecule has 0 spiro atoms. The van der Waals surface area contributed by atoms with Crippen molar-refractivity contribution in [1.29, 1.82) is 0 Å². The molecule has 0 unspecified atom stereocenters. The summed E-state index contributed by atoms with van der Waals surface area (Å²) in [6, 6.07) is 12.4. The molecule has 0 saturated heterocycles. The monoisotopic (exact) mass is 487 g/mol. The Kier molecular flexibility index (Phi) is 7.00. The molecule has 1 amide bonds. The van der Waals surface area contributed by atoms with E-state index in [2.05, 4.69) is 15.5 Å². The number of ether oxygens (including phenoxy) is 1. The Labute approximate surface area is 208 Å². The van der Waals surface area contributed by atoms with Gasteiger partial charge in [0.2, 0.25) is 5.91 Å². The first kappa shape index (κ1) is 24.8. The van der Waals surface area contributed by atoms with Crippen LogP contribution in [0.25, 0.3) is 16.6 Å². The molecule has 0 saturated carbocycles. The van der Waals surface area contributed by atoms with E-state index in [4.69, 9.17) is 4.74 Å². The Morgan fingerprint density at radius 2 is 1.83 bits per heavy atom. The second-order valence-corrected chi connectivity index (χ2v) is 8.90. The normalized spacial score (nSPS) is 11.2. The maximum absolute atomic E-state index is 13.5. The predicted octanol–water partition coefficient (Wildman–Crippen LogP) is 4.14. The number of anilines is 1. The standard InChI is InChI=1S/C27H29N5O4/c1-6-36-27(35)20-9-7-8-10-22(20)29-23(33)15-31-26(34)25-21(24(30-31)16(2)3)14-28-32(25)19-12-11-17(4)18(5)13-19/h7-14,16H,6,15H2,1-5H3,(H,29,33).